The molecule has 1 aromatic heterocycles. The molecule has 2 aliphatic rings. The van der Waals surface area contributed by atoms with Crippen molar-refractivity contribution in [3.05, 3.63) is 63.9 Å². The fraction of sp³-hybridized carbons (Fsp3) is 0.391. The van der Waals surface area contributed by atoms with E-state index in [2.05, 4.69) is 44.4 Å². The standard InChI is InChI=1S/C14H9BrClN.C9H18N2O2/c15-13-6-10-2-1-5-17-14(10)7-9-3-4-11(16)8-12(9)13;1-9(2,3)13-8(12)11-6-4-10-5-7-11/h1-6,8H,7H2;10H,4-7H2,1-3H3. The summed E-state index contributed by atoms with van der Waals surface area (Å²) in [5, 5.41) is 3.94. The molecule has 0 unspecified atom stereocenters. The van der Waals surface area contributed by atoms with E-state index < -0.39 is 0 Å². The third-order valence-corrected chi connectivity index (χ3v) is 5.55. The molecule has 1 amide bonds. The lowest BCUT2D eigenvalue weighted by Gasteiger charge is -2.30. The van der Waals surface area contributed by atoms with Crippen LogP contribution in [0, 0.1) is 0 Å². The number of hydrogen-bond acceptors (Lipinski definition) is 4. The van der Waals surface area contributed by atoms with Gasteiger partial charge >= 0.3 is 6.09 Å². The number of amides is 1. The molecule has 2 aromatic rings. The third-order valence-electron chi connectivity index (χ3n) is 4.66. The van der Waals surface area contributed by atoms with Crippen molar-refractivity contribution in [2.24, 2.45) is 0 Å². The van der Waals surface area contributed by atoms with E-state index in [1.165, 1.54) is 5.56 Å². The number of hydrogen-bond donors (Lipinski definition) is 1. The molecule has 0 saturated carbocycles. The average molecular weight is 493 g/mol. The summed E-state index contributed by atoms with van der Waals surface area (Å²) < 4.78 is 6.29. The first kappa shape index (κ1) is 22.8. The highest BCUT2D eigenvalue weighted by Crippen LogP contribution is 2.34. The van der Waals surface area contributed by atoms with Gasteiger partial charge in [0.2, 0.25) is 0 Å². The van der Waals surface area contributed by atoms with Crippen molar-refractivity contribution >= 4 is 44.2 Å². The highest BCUT2D eigenvalue weighted by atomic mass is 79.9. The lowest BCUT2D eigenvalue weighted by Crippen LogP contribution is -2.48. The first-order valence-electron chi connectivity index (χ1n) is 10.0. The quantitative estimate of drug-likeness (QED) is 0.538. The Morgan fingerprint density at radius 3 is 2.67 bits per heavy atom. The zero-order valence-electron chi connectivity index (χ0n) is 17.5. The lowest BCUT2D eigenvalue weighted by atomic mass is 10.0. The van der Waals surface area contributed by atoms with Gasteiger partial charge in [0.05, 0.1) is 5.69 Å². The molecule has 0 spiro atoms. The molecule has 1 saturated heterocycles. The SMILES string of the molecule is CC(C)(C)OC(=O)N1CCNCC1.Clc1ccc2c(c1)C(Br)=Cc1cccnc1C2. The molecule has 1 fully saturated rings. The fourth-order valence-corrected chi connectivity index (χ4v) is 4.01. The Bertz CT molecular complexity index is 934. The second-order valence-electron chi connectivity index (χ2n) is 8.23. The molecule has 30 heavy (non-hydrogen) atoms. The van der Waals surface area contributed by atoms with E-state index in [1.54, 1.807) is 4.90 Å². The summed E-state index contributed by atoms with van der Waals surface area (Å²) in [7, 11) is 0. The van der Waals surface area contributed by atoms with Crippen molar-refractivity contribution < 1.29 is 9.53 Å². The average Bonchev–Trinajstić information content (AvgIpc) is 2.84. The smallest absolute Gasteiger partial charge is 0.410 e. The molecule has 5 nitrogen and oxygen atoms in total. The molecule has 0 atom stereocenters. The van der Waals surface area contributed by atoms with Crippen LogP contribution in [-0.4, -0.2) is 47.8 Å². The zero-order chi connectivity index (χ0) is 21.7. The first-order valence-corrected chi connectivity index (χ1v) is 11.2. The maximum absolute atomic E-state index is 11.5. The maximum atomic E-state index is 11.5. The third kappa shape index (κ3) is 6.30. The Morgan fingerprint density at radius 2 is 1.97 bits per heavy atom. The number of piperazine rings is 1. The molecule has 1 aliphatic heterocycles. The second-order valence-corrected chi connectivity index (χ2v) is 9.52. The summed E-state index contributed by atoms with van der Waals surface area (Å²) in [6.07, 6.45) is 4.58. The number of fused-ring (bicyclic) bond motifs is 2. The molecule has 1 N–H and O–H groups in total. The van der Waals surface area contributed by atoms with E-state index >= 15 is 0 Å². The number of benzene rings is 1. The van der Waals surface area contributed by atoms with Crippen LogP contribution >= 0.6 is 27.5 Å². The molecule has 4 rings (SSSR count). The van der Waals surface area contributed by atoms with Gasteiger partial charge in [-0.15, -0.1) is 0 Å². The van der Waals surface area contributed by atoms with Gasteiger partial charge in [-0.1, -0.05) is 39.7 Å². The van der Waals surface area contributed by atoms with E-state index in [0.29, 0.717) is 0 Å². The van der Waals surface area contributed by atoms with Gasteiger partial charge in [0.1, 0.15) is 5.60 Å². The fourth-order valence-electron chi connectivity index (χ4n) is 3.22. The van der Waals surface area contributed by atoms with Crippen LogP contribution in [0.3, 0.4) is 0 Å². The van der Waals surface area contributed by atoms with Crippen LogP contribution in [0.5, 0.6) is 0 Å². The van der Waals surface area contributed by atoms with Crippen LogP contribution in [0.15, 0.2) is 36.5 Å². The monoisotopic (exact) mass is 491 g/mol. The van der Waals surface area contributed by atoms with Gasteiger partial charge in [0, 0.05) is 48.3 Å². The van der Waals surface area contributed by atoms with Crippen molar-refractivity contribution in [3.63, 3.8) is 0 Å². The van der Waals surface area contributed by atoms with Crippen LogP contribution in [0.1, 0.15) is 43.2 Å². The second kappa shape index (κ2) is 9.94. The molecular formula is C23H27BrClN3O2. The lowest BCUT2D eigenvalue weighted by molar-refractivity contribution is 0.0229. The number of nitrogens with one attached hydrogen (secondary N) is 1. The zero-order valence-corrected chi connectivity index (χ0v) is 19.9. The normalized spacial score (nSPS) is 15.6. The number of ether oxygens (including phenoxy) is 1. The van der Waals surface area contributed by atoms with Crippen LogP contribution in [0.25, 0.3) is 10.6 Å². The molecule has 7 heteroatoms. The van der Waals surface area contributed by atoms with E-state index in [-0.39, 0.29) is 11.7 Å². The Labute approximate surface area is 191 Å². The number of carbonyl (C=O) groups excluding carboxylic acids is 1. The molecule has 0 radical (unpaired) electrons. The minimum atomic E-state index is -0.387. The Hall–Kier alpha value is -1.89. The van der Waals surface area contributed by atoms with Gasteiger partial charge in [-0.05, 0) is 61.7 Å². The van der Waals surface area contributed by atoms with Gasteiger partial charge in [-0.2, -0.15) is 0 Å². The number of carbonyl (C=O) groups is 1. The number of pyridine rings is 1. The first-order chi connectivity index (χ1) is 14.2. The van der Waals surface area contributed by atoms with Gasteiger partial charge in [0.15, 0.2) is 0 Å². The van der Waals surface area contributed by atoms with Gasteiger partial charge in [-0.3, -0.25) is 4.98 Å². The van der Waals surface area contributed by atoms with Crippen LogP contribution in [0.4, 0.5) is 4.79 Å². The van der Waals surface area contributed by atoms with E-state index in [0.717, 1.165) is 58.9 Å². The van der Waals surface area contributed by atoms with Crippen LogP contribution < -0.4 is 5.32 Å². The van der Waals surface area contributed by atoms with Crippen LogP contribution in [-0.2, 0) is 11.2 Å². The summed E-state index contributed by atoms with van der Waals surface area (Å²) in [6.45, 7) is 8.86. The molecule has 2 heterocycles. The molecule has 160 valence electrons. The maximum Gasteiger partial charge on any atom is 0.410 e. The van der Waals surface area contributed by atoms with Crippen LogP contribution in [0.2, 0.25) is 5.02 Å². The highest BCUT2D eigenvalue weighted by molar-refractivity contribution is 9.15. The van der Waals surface area contributed by atoms with Crippen molar-refractivity contribution in [2.75, 3.05) is 26.2 Å². The van der Waals surface area contributed by atoms with Crippen molar-refractivity contribution in [1.82, 2.24) is 15.2 Å². The summed E-state index contributed by atoms with van der Waals surface area (Å²) in [4.78, 5) is 17.7. The van der Waals surface area contributed by atoms with Crippen molar-refractivity contribution in [2.45, 2.75) is 32.8 Å². The van der Waals surface area contributed by atoms with Gasteiger partial charge < -0.3 is 15.0 Å². The Morgan fingerprint density at radius 1 is 1.23 bits per heavy atom. The van der Waals surface area contributed by atoms with E-state index in [1.807, 2.05) is 45.2 Å². The minimum absolute atomic E-state index is 0.200. The van der Waals surface area contributed by atoms with E-state index in [4.69, 9.17) is 16.3 Å². The Balaban J connectivity index is 0.000000178. The molecular weight excluding hydrogens is 466 g/mol. The Kier molecular flexibility index (Phi) is 7.55. The molecule has 0 bridgehead atoms. The predicted molar refractivity (Wildman–Crippen MR) is 126 cm³/mol. The summed E-state index contributed by atoms with van der Waals surface area (Å²) >= 11 is 9.66. The molecule has 1 aliphatic carbocycles. The number of halogens is 2. The number of aromatic nitrogens is 1. The summed E-state index contributed by atoms with van der Waals surface area (Å²) in [5.41, 5.74) is 4.27. The predicted octanol–water partition coefficient (Wildman–Crippen LogP) is 5.36. The van der Waals surface area contributed by atoms with E-state index in [9.17, 15) is 4.79 Å². The molecule has 1 aromatic carbocycles. The highest BCUT2D eigenvalue weighted by Gasteiger charge is 2.22. The summed E-state index contributed by atoms with van der Waals surface area (Å²) in [6, 6.07) is 10.0. The summed E-state index contributed by atoms with van der Waals surface area (Å²) in [5.74, 6) is 0. The van der Waals surface area contributed by atoms with Gasteiger partial charge in [-0.25, -0.2) is 4.79 Å². The minimum Gasteiger partial charge on any atom is -0.444 e. The number of nitrogens with zero attached hydrogens (tertiary/aromatic N) is 2. The largest absolute Gasteiger partial charge is 0.444 e. The van der Waals surface area contributed by atoms with Gasteiger partial charge in [0.25, 0.3) is 0 Å². The van der Waals surface area contributed by atoms with Crippen molar-refractivity contribution in [1.29, 1.82) is 0 Å². The topological polar surface area (TPSA) is 54.5 Å². The number of rotatable bonds is 0. The van der Waals surface area contributed by atoms with Crippen molar-refractivity contribution in [3.8, 4) is 0 Å².